The standard InChI is InChI=1S/C20H16F3NO3S/c21-20(22,23)16-7-4-8-19(13-16)28(25,26)24-17-9-11-18(12-10-17)27-14-15-5-2-1-3-6-15/h1-13,24H,14H2. The highest BCUT2D eigenvalue weighted by Crippen LogP contribution is 2.31. The van der Waals surface area contributed by atoms with Crippen molar-refractivity contribution in [1.82, 2.24) is 0 Å². The minimum atomic E-state index is -4.62. The van der Waals surface area contributed by atoms with Crippen LogP contribution in [0.25, 0.3) is 0 Å². The molecule has 0 heterocycles. The fourth-order valence-corrected chi connectivity index (χ4v) is 3.52. The predicted molar refractivity (Wildman–Crippen MR) is 99.5 cm³/mol. The lowest BCUT2D eigenvalue weighted by Crippen LogP contribution is -2.14. The van der Waals surface area contributed by atoms with Gasteiger partial charge in [-0.15, -0.1) is 0 Å². The van der Waals surface area contributed by atoms with Gasteiger partial charge in [0.2, 0.25) is 0 Å². The highest BCUT2D eigenvalue weighted by atomic mass is 32.2. The molecule has 0 aromatic heterocycles. The van der Waals surface area contributed by atoms with E-state index in [9.17, 15) is 21.6 Å². The zero-order valence-electron chi connectivity index (χ0n) is 14.5. The predicted octanol–water partition coefficient (Wildman–Crippen LogP) is 5.09. The summed E-state index contributed by atoms with van der Waals surface area (Å²) in [7, 11) is -4.16. The number of anilines is 1. The molecule has 0 radical (unpaired) electrons. The maximum Gasteiger partial charge on any atom is 0.416 e. The first-order valence-corrected chi connectivity index (χ1v) is 9.69. The van der Waals surface area contributed by atoms with Gasteiger partial charge in [-0.05, 0) is 48.0 Å². The van der Waals surface area contributed by atoms with E-state index in [1.54, 1.807) is 12.1 Å². The first kappa shape index (κ1) is 19.8. The summed E-state index contributed by atoms with van der Waals surface area (Å²) in [6.45, 7) is 0.357. The van der Waals surface area contributed by atoms with Crippen LogP contribution < -0.4 is 9.46 Å². The summed E-state index contributed by atoms with van der Waals surface area (Å²) < 4.78 is 71.0. The third-order valence-electron chi connectivity index (χ3n) is 3.83. The maximum atomic E-state index is 12.8. The average molecular weight is 407 g/mol. The Morgan fingerprint density at radius 2 is 1.54 bits per heavy atom. The second-order valence-electron chi connectivity index (χ2n) is 5.93. The number of alkyl halides is 3. The monoisotopic (exact) mass is 407 g/mol. The van der Waals surface area contributed by atoms with E-state index in [0.717, 1.165) is 23.8 Å². The lowest BCUT2D eigenvalue weighted by molar-refractivity contribution is -0.137. The third kappa shape index (κ3) is 5.04. The fraction of sp³-hybridized carbons (Fsp3) is 0.100. The second-order valence-corrected chi connectivity index (χ2v) is 7.61. The molecule has 0 bridgehead atoms. The number of hydrogen-bond acceptors (Lipinski definition) is 3. The molecule has 8 heteroatoms. The van der Waals surface area contributed by atoms with Gasteiger partial charge in [0, 0.05) is 5.69 Å². The van der Waals surface area contributed by atoms with Gasteiger partial charge < -0.3 is 4.74 Å². The molecule has 0 aliphatic heterocycles. The van der Waals surface area contributed by atoms with Crippen LogP contribution >= 0.6 is 0 Å². The van der Waals surface area contributed by atoms with Gasteiger partial charge in [-0.2, -0.15) is 13.2 Å². The second kappa shape index (κ2) is 7.93. The number of hydrogen-bond donors (Lipinski definition) is 1. The van der Waals surface area contributed by atoms with Crippen LogP contribution in [-0.4, -0.2) is 8.42 Å². The topological polar surface area (TPSA) is 55.4 Å². The van der Waals surface area contributed by atoms with Crippen LogP contribution in [0.2, 0.25) is 0 Å². The molecular weight excluding hydrogens is 391 g/mol. The van der Waals surface area contributed by atoms with E-state index in [0.29, 0.717) is 18.4 Å². The van der Waals surface area contributed by atoms with Crippen LogP contribution in [0.15, 0.2) is 83.8 Å². The Balaban J connectivity index is 1.69. The summed E-state index contributed by atoms with van der Waals surface area (Å²) in [5, 5.41) is 0. The van der Waals surface area contributed by atoms with Crippen LogP contribution in [0.4, 0.5) is 18.9 Å². The van der Waals surface area contributed by atoms with Gasteiger partial charge in [0.05, 0.1) is 10.5 Å². The Bertz CT molecular complexity index is 1030. The molecule has 0 aliphatic carbocycles. The fourth-order valence-electron chi connectivity index (χ4n) is 2.41. The van der Waals surface area contributed by atoms with Gasteiger partial charge in [-0.1, -0.05) is 36.4 Å². The van der Waals surface area contributed by atoms with Crippen LogP contribution in [0.1, 0.15) is 11.1 Å². The van der Waals surface area contributed by atoms with Crippen molar-refractivity contribution in [3.8, 4) is 5.75 Å². The molecule has 0 aliphatic rings. The molecule has 3 aromatic carbocycles. The average Bonchev–Trinajstić information content (AvgIpc) is 2.67. The van der Waals surface area contributed by atoms with Crippen LogP contribution in [0.3, 0.4) is 0 Å². The smallest absolute Gasteiger partial charge is 0.416 e. The Morgan fingerprint density at radius 3 is 2.18 bits per heavy atom. The van der Waals surface area contributed by atoms with Crippen molar-refractivity contribution < 1.29 is 26.3 Å². The van der Waals surface area contributed by atoms with Crippen molar-refractivity contribution in [3.05, 3.63) is 90.0 Å². The summed E-state index contributed by atoms with van der Waals surface area (Å²) in [6, 6.07) is 19.2. The van der Waals surface area contributed by atoms with E-state index in [2.05, 4.69) is 4.72 Å². The van der Waals surface area contributed by atoms with Crippen molar-refractivity contribution in [2.75, 3.05) is 4.72 Å². The van der Waals surface area contributed by atoms with Crippen LogP contribution in [-0.2, 0) is 22.8 Å². The molecule has 3 rings (SSSR count). The summed E-state index contributed by atoms with van der Waals surface area (Å²) >= 11 is 0. The highest BCUT2D eigenvalue weighted by Gasteiger charge is 2.31. The Morgan fingerprint density at radius 1 is 0.857 bits per heavy atom. The lowest BCUT2D eigenvalue weighted by Gasteiger charge is -2.12. The quantitative estimate of drug-likeness (QED) is 0.620. The number of benzene rings is 3. The Kier molecular flexibility index (Phi) is 5.60. The largest absolute Gasteiger partial charge is 0.489 e. The molecule has 28 heavy (non-hydrogen) atoms. The van der Waals surface area contributed by atoms with Gasteiger partial charge in [-0.25, -0.2) is 8.42 Å². The third-order valence-corrected chi connectivity index (χ3v) is 5.21. The molecule has 0 amide bonds. The molecular formula is C20H16F3NO3S. The molecule has 1 N–H and O–H groups in total. The number of nitrogens with one attached hydrogen (secondary N) is 1. The molecule has 4 nitrogen and oxygen atoms in total. The molecule has 0 saturated heterocycles. The molecule has 0 unspecified atom stereocenters. The van der Waals surface area contributed by atoms with Gasteiger partial charge in [0.1, 0.15) is 12.4 Å². The first-order chi connectivity index (χ1) is 13.2. The Hall–Kier alpha value is -3.00. The first-order valence-electron chi connectivity index (χ1n) is 8.21. The molecule has 3 aromatic rings. The Labute approximate surface area is 160 Å². The van der Waals surface area contributed by atoms with Gasteiger partial charge >= 0.3 is 6.18 Å². The SMILES string of the molecule is O=S(=O)(Nc1ccc(OCc2ccccc2)cc1)c1cccc(C(F)(F)F)c1. The minimum Gasteiger partial charge on any atom is -0.489 e. The summed E-state index contributed by atoms with van der Waals surface area (Å²) in [5.41, 5.74) is 0.168. The molecule has 0 saturated carbocycles. The number of ether oxygens (including phenoxy) is 1. The van der Waals surface area contributed by atoms with Crippen LogP contribution in [0.5, 0.6) is 5.75 Å². The summed E-state index contributed by atoms with van der Waals surface area (Å²) in [4.78, 5) is -0.466. The normalized spacial score (nSPS) is 11.8. The van der Waals surface area contributed by atoms with Gasteiger partial charge in [0.15, 0.2) is 0 Å². The van der Waals surface area contributed by atoms with Gasteiger partial charge in [-0.3, -0.25) is 4.72 Å². The van der Waals surface area contributed by atoms with E-state index in [1.807, 2.05) is 30.3 Å². The zero-order valence-corrected chi connectivity index (χ0v) is 15.3. The lowest BCUT2D eigenvalue weighted by atomic mass is 10.2. The molecule has 0 spiro atoms. The van der Waals surface area contributed by atoms with Crippen molar-refractivity contribution in [3.63, 3.8) is 0 Å². The molecule has 0 fully saturated rings. The van der Waals surface area contributed by atoms with E-state index < -0.39 is 26.7 Å². The number of rotatable bonds is 6. The van der Waals surface area contributed by atoms with Crippen molar-refractivity contribution >= 4 is 15.7 Å². The van der Waals surface area contributed by atoms with Crippen molar-refractivity contribution in [2.24, 2.45) is 0 Å². The van der Waals surface area contributed by atoms with E-state index in [-0.39, 0.29) is 5.69 Å². The number of halogens is 3. The zero-order chi connectivity index (χ0) is 20.2. The summed E-state index contributed by atoms with van der Waals surface area (Å²) in [6.07, 6.45) is -4.62. The van der Waals surface area contributed by atoms with Crippen LogP contribution in [0, 0.1) is 0 Å². The van der Waals surface area contributed by atoms with Crippen molar-refractivity contribution in [1.29, 1.82) is 0 Å². The van der Waals surface area contributed by atoms with Crippen molar-refractivity contribution in [2.45, 2.75) is 17.7 Å². The highest BCUT2D eigenvalue weighted by molar-refractivity contribution is 7.92. The summed E-state index contributed by atoms with van der Waals surface area (Å²) in [5.74, 6) is 0.533. The minimum absolute atomic E-state index is 0.212. The van der Waals surface area contributed by atoms with E-state index in [4.69, 9.17) is 4.74 Å². The van der Waals surface area contributed by atoms with E-state index >= 15 is 0 Å². The maximum absolute atomic E-state index is 12.8. The molecule has 0 atom stereocenters. The van der Waals surface area contributed by atoms with Gasteiger partial charge in [0.25, 0.3) is 10.0 Å². The van der Waals surface area contributed by atoms with E-state index in [1.165, 1.54) is 12.1 Å². The molecule has 146 valence electrons. The number of sulfonamides is 1.